The van der Waals surface area contributed by atoms with E-state index >= 15 is 0 Å². The highest BCUT2D eigenvalue weighted by molar-refractivity contribution is 5.92. The highest BCUT2D eigenvalue weighted by Crippen LogP contribution is 2.49. The highest BCUT2D eigenvalue weighted by Gasteiger charge is 2.49. The molecule has 1 N–H and O–H groups in total. The number of hydrogen-bond acceptors (Lipinski definition) is 5. The van der Waals surface area contributed by atoms with Gasteiger partial charge in [0.2, 0.25) is 5.91 Å². The monoisotopic (exact) mass is 344 g/mol. The molecule has 3 fully saturated rings. The molecule has 1 aliphatic carbocycles. The van der Waals surface area contributed by atoms with Crippen molar-refractivity contribution in [3.05, 3.63) is 24.3 Å². The number of rotatable bonds is 3. The Morgan fingerprint density at radius 2 is 2.04 bits per heavy atom. The van der Waals surface area contributed by atoms with Gasteiger partial charge in [0.05, 0.1) is 18.7 Å². The maximum Gasteiger partial charge on any atom is 0.271 e. The van der Waals surface area contributed by atoms with E-state index in [-0.39, 0.29) is 29.2 Å². The van der Waals surface area contributed by atoms with E-state index < -0.39 is 0 Å². The van der Waals surface area contributed by atoms with Crippen molar-refractivity contribution in [1.29, 1.82) is 0 Å². The van der Waals surface area contributed by atoms with Crippen LogP contribution in [0.3, 0.4) is 0 Å². The molecule has 0 radical (unpaired) electrons. The first-order chi connectivity index (χ1) is 12.2. The number of carbonyl (C=O) groups excluding carboxylic acids is 2. The number of ether oxygens (including phenoxy) is 1. The minimum absolute atomic E-state index is 0.0441. The summed E-state index contributed by atoms with van der Waals surface area (Å²) < 4.78 is 5.34. The third kappa shape index (κ3) is 3.13. The topological polar surface area (TPSA) is 84.4 Å². The van der Waals surface area contributed by atoms with Crippen LogP contribution in [0.1, 0.15) is 42.6 Å². The van der Waals surface area contributed by atoms with Gasteiger partial charge < -0.3 is 15.0 Å². The molecule has 2 unspecified atom stereocenters. The van der Waals surface area contributed by atoms with Crippen molar-refractivity contribution in [3.63, 3.8) is 0 Å². The van der Waals surface area contributed by atoms with Crippen LogP contribution in [0.4, 0.5) is 0 Å². The van der Waals surface area contributed by atoms with Crippen LogP contribution in [0.25, 0.3) is 0 Å². The molecule has 1 aromatic rings. The van der Waals surface area contributed by atoms with Gasteiger partial charge in [-0.2, -0.15) is 0 Å². The van der Waals surface area contributed by atoms with E-state index in [0.717, 1.165) is 45.2 Å². The van der Waals surface area contributed by atoms with E-state index in [1.807, 2.05) is 4.90 Å². The van der Waals surface area contributed by atoms with Crippen LogP contribution in [0.15, 0.2) is 18.6 Å². The summed E-state index contributed by atoms with van der Waals surface area (Å²) in [5.41, 5.74) is 0.499. The van der Waals surface area contributed by atoms with E-state index in [9.17, 15) is 9.59 Å². The van der Waals surface area contributed by atoms with Gasteiger partial charge in [0, 0.05) is 38.1 Å². The lowest BCUT2D eigenvalue weighted by molar-refractivity contribution is -0.139. The van der Waals surface area contributed by atoms with Gasteiger partial charge in [-0.3, -0.25) is 14.6 Å². The molecule has 3 heterocycles. The Balaban J connectivity index is 1.33. The summed E-state index contributed by atoms with van der Waals surface area (Å²) >= 11 is 0. The van der Waals surface area contributed by atoms with Crippen molar-refractivity contribution in [3.8, 4) is 0 Å². The molecule has 0 aromatic carbocycles. The summed E-state index contributed by atoms with van der Waals surface area (Å²) in [5, 5.41) is 3.13. The van der Waals surface area contributed by atoms with Gasteiger partial charge in [0.15, 0.2) is 0 Å². The highest BCUT2D eigenvalue weighted by atomic mass is 16.5. The lowest BCUT2D eigenvalue weighted by Gasteiger charge is -2.54. The molecule has 7 nitrogen and oxygen atoms in total. The maximum atomic E-state index is 12.5. The Morgan fingerprint density at radius 3 is 2.64 bits per heavy atom. The summed E-state index contributed by atoms with van der Waals surface area (Å²) in [6, 6.07) is 0.175. The van der Waals surface area contributed by atoms with Crippen LogP contribution in [-0.4, -0.2) is 59.0 Å². The Kier molecular flexibility index (Phi) is 4.41. The van der Waals surface area contributed by atoms with Crippen LogP contribution in [0.2, 0.25) is 0 Å². The van der Waals surface area contributed by atoms with Gasteiger partial charge in [-0.25, -0.2) is 4.98 Å². The van der Waals surface area contributed by atoms with Gasteiger partial charge in [-0.05, 0) is 37.5 Å². The minimum atomic E-state index is -0.154. The molecule has 2 atom stereocenters. The molecule has 25 heavy (non-hydrogen) atoms. The molecule has 1 spiro atoms. The lowest BCUT2D eigenvalue weighted by atomic mass is 9.59. The Labute approximate surface area is 147 Å². The quantitative estimate of drug-likeness (QED) is 0.885. The zero-order chi connectivity index (χ0) is 17.3. The van der Waals surface area contributed by atoms with Crippen molar-refractivity contribution in [1.82, 2.24) is 20.2 Å². The third-order valence-electron chi connectivity index (χ3n) is 6.12. The largest absolute Gasteiger partial charge is 0.381 e. The maximum absolute atomic E-state index is 12.5. The second-order valence-corrected chi connectivity index (χ2v) is 7.40. The molecule has 2 saturated heterocycles. The zero-order valence-corrected chi connectivity index (χ0v) is 14.3. The van der Waals surface area contributed by atoms with Crippen molar-refractivity contribution in [2.24, 2.45) is 11.3 Å². The summed E-state index contributed by atoms with van der Waals surface area (Å²) in [6.07, 6.45) is 9.45. The van der Waals surface area contributed by atoms with Crippen LogP contribution < -0.4 is 5.32 Å². The number of amides is 2. The number of nitrogens with one attached hydrogen (secondary N) is 1. The number of piperidine rings is 1. The van der Waals surface area contributed by atoms with Gasteiger partial charge in [-0.1, -0.05) is 0 Å². The molecule has 2 amide bonds. The first-order valence-corrected chi connectivity index (χ1v) is 9.11. The zero-order valence-electron chi connectivity index (χ0n) is 14.3. The fourth-order valence-electron chi connectivity index (χ4n) is 4.33. The van der Waals surface area contributed by atoms with Crippen LogP contribution in [0, 0.1) is 11.3 Å². The summed E-state index contributed by atoms with van der Waals surface area (Å²) in [7, 11) is 0. The molecule has 3 aliphatic rings. The van der Waals surface area contributed by atoms with Crippen LogP contribution in [-0.2, 0) is 9.53 Å². The number of hydrogen-bond donors (Lipinski definition) is 1. The molecule has 134 valence electrons. The van der Waals surface area contributed by atoms with E-state index in [1.165, 1.54) is 12.4 Å². The predicted octanol–water partition coefficient (Wildman–Crippen LogP) is 1.01. The van der Waals surface area contributed by atoms with Crippen molar-refractivity contribution < 1.29 is 14.3 Å². The Morgan fingerprint density at radius 1 is 1.20 bits per heavy atom. The van der Waals surface area contributed by atoms with Crippen LogP contribution in [0.5, 0.6) is 0 Å². The Hall–Kier alpha value is -2.02. The average molecular weight is 344 g/mol. The molecule has 4 rings (SSSR count). The lowest BCUT2D eigenvalue weighted by Crippen LogP contribution is -2.60. The molecule has 2 aliphatic heterocycles. The van der Waals surface area contributed by atoms with E-state index in [1.54, 1.807) is 6.20 Å². The second kappa shape index (κ2) is 6.71. The fraction of sp³-hybridized carbons (Fsp3) is 0.667. The van der Waals surface area contributed by atoms with Gasteiger partial charge in [0.25, 0.3) is 5.91 Å². The normalized spacial score (nSPS) is 27.8. The molecular formula is C18H24N4O3. The van der Waals surface area contributed by atoms with E-state index in [4.69, 9.17) is 4.74 Å². The standard InChI is InChI=1S/C18H24N4O3/c23-16(14-11-19-6-7-20-14)21-15-1-3-18(15)4-8-22(9-5-18)17(24)13-2-10-25-12-13/h6-7,11,13,15H,1-5,8-10,12H2,(H,21,23). The molecular weight excluding hydrogens is 320 g/mol. The van der Waals surface area contributed by atoms with E-state index in [0.29, 0.717) is 18.9 Å². The van der Waals surface area contributed by atoms with Gasteiger partial charge in [0.1, 0.15) is 5.69 Å². The van der Waals surface area contributed by atoms with Crippen LogP contribution >= 0.6 is 0 Å². The van der Waals surface area contributed by atoms with E-state index in [2.05, 4.69) is 15.3 Å². The SMILES string of the molecule is O=C(NC1CCC12CCN(C(=O)C1CCOC1)CC2)c1cnccn1. The summed E-state index contributed by atoms with van der Waals surface area (Å²) in [5.74, 6) is 0.133. The fourth-order valence-corrected chi connectivity index (χ4v) is 4.33. The first-order valence-electron chi connectivity index (χ1n) is 9.11. The molecule has 0 bridgehead atoms. The Bertz CT molecular complexity index is 637. The molecule has 1 saturated carbocycles. The smallest absolute Gasteiger partial charge is 0.271 e. The van der Waals surface area contributed by atoms with Crippen molar-refractivity contribution in [2.75, 3.05) is 26.3 Å². The van der Waals surface area contributed by atoms with Crippen molar-refractivity contribution in [2.45, 2.75) is 38.1 Å². The minimum Gasteiger partial charge on any atom is -0.381 e. The number of carbonyl (C=O) groups is 2. The summed E-state index contributed by atoms with van der Waals surface area (Å²) in [6.45, 7) is 2.83. The summed E-state index contributed by atoms with van der Waals surface area (Å²) in [4.78, 5) is 34.9. The third-order valence-corrected chi connectivity index (χ3v) is 6.12. The number of likely N-dealkylation sites (tertiary alicyclic amines) is 1. The number of aromatic nitrogens is 2. The number of nitrogens with zero attached hydrogens (tertiary/aromatic N) is 3. The first kappa shape index (κ1) is 16.4. The van der Waals surface area contributed by atoms with Crippen molar-refractivity contribution >= 4 is 11.8 Å². The molecule has 7 heteroatoms. The predicted molar refractivity (Wildman–Crippen MR) is 89.7 cm³/mol. The average Bonchev–Trinajstić information content (AvgIpc) is 3.20. The van der Waals surface area contributed by atoms with Gasteiger partial charge >= 0.3 is 0 Å². The second-order valence-electron chi connectivity index (χ2n) is 7.40. The van der Waals surface area contributed by atoms with Gasteiger partial charge in [-0.15, -0.1) is 0 Å². The molecule has 1 aromatic heterocycles.